The molecule has 1 aliphatic carbocycles. The molecule has 1 saturated carbocycles. The first kappa shape index (κ1) is 17.2. The molecule has 1 heterocycles. The van der Waals surface area contributed by atoms with E-state index in [2.05, 4.69) is 0 Å². The number of aliphatic hydroxyl groups excluding tert-OH is 2. The van der Waals surface area contributed by atoms with Gasteiger partial charge in [-0.15, -0.1) is 0 Å². The summed E-state index contributed by atoms with van der Waals surface area (Å²) in [4.78, 5) is 14.1. The maximum Gasteiger partial charge on any atom is 0.418 e. The van der Waals surface area contributed by atoms with E-state index >= 15 is 0 Å². The largest absolute Gasteiger partial charge is 0.418 e. The lowest BCUT2D eigenvalue weighted by Gasteiger charge is -2.31. The number of rotatable bonds is 2. The normalized spacial score (nSPS) is 25.3. The summed E-state index contributed by atoms with van der Waals surface area (Å²) in [6.45, 7) is 0. The Morgan fingerprint density at radius 2 is 1.71 bits per heavy atom. The average Bonchev–Trinajstić information content (AvgIpc) is 2.77. The molecule has 132 valence electrons. The predicted molar refractivity (Wildman–Crippen MR) is 81.1 cm³/mol. The van der Waals surface area contributed by atoms with Crippen LogP contribution in [0.15, 0.2) is 24.3 Å². The molecule has 3 rings (SSSR count). The van der Waals surface area contributed by atoms with E-state index in [9.17, 15) is 28.2 Å². The van der Waals surface area contributed by atoms with Crippen LogP contribution in [0.4, 0.5) is 18.9 Å². The number of hydrogen-bond donors (Lipinski definition) is 2. The summed E-state index contributed by atoms with van der Waals surface area (Å²) in [5.41, 5.74) is -0.477. The number of carbonyl (C=O) groups excluding carboxylic acids is 1. The van der Waals surface area contributed by atoms with E-state index in [1.54, 1.807) is 0 Å². The molecule has 0 aromatic heterocycles. The second kappa shape index (κ2) is 6.04. The Kier molecular flexibility index (Phi) is 4.34. The summed E-state index contributed by atoms with van der Waals surface area (Å²) in [5.74, 6) is -0.154. The van der Waals surface area contributed by atoms with E-state index in [-0.39, 0.29) is 11.5 Å². The number of benzene rings is 1. The van der Waals surface area contributed by atoms with E-state index < -0.39 is 23.9 Å². The van der Waals surface area contributed by atoms with E-state index in [1.807, 2.05) is 0 Å². The van der Waals surface area contributed by atoms with Crippen molar-refractivity contribution in [3.8, 4) is 0 Å². The smallest absolute Gasteiger partial charge is 0.379 e. The zero-order valence-electron chi connectivity index (χ0n) is 13.1. The third-order valence-corrected chi connectivity index (χ3v) is 5.15. The maximum absolute atomic E-state index is 12.8. The molecule has 2 aliphatic rings. The van der Waals surface area contributed by atoms with Gasteiger partial charge < -0.3 is 10.2 Å². The Labute approximate surface area is 137 Å². The third kappa shape index (κ3) is 2.91. The van der Waals surface area contributed by atoms with Crippen LogP contribution in [0.2, 0.25) is 0 Å². The number of halogens is 3. The van der Waals surface area contributed by atoms with Gasteiger partial charge in [0.25, 0.3) is 0 Å². The molecule has 1 aliphatic heterocycles. The van der Waals surface area contributed by atoms with Crippen LogP contribution in [0.1, 0.15) is 50.2 Å². The second-order valence-electron chi connectivity index (χ2n) is 6.74. The Morgan fingerprint density at radius 1 is 1.12 bits per heavy atom. The van der Waals surface area contributed by atoms with Crippen LogP contribution in [-0.2, 0) is 4.79 Å². The highest BCUT2D eigenvalue weighted by Gasteiger charge is 2.51. The fourth-order valence-corrected chi connectivity index (χ4v) is 3.86. The lowest BCUT2D eigenvalue weighted by Crippen LogP contribution is -2.38. The molecule has 1 saturated heterocycles. The molecule has 1 aromatic rings. The van der Waals surface area contributed by atoms with Gasteiger partial charge in [0.15, 0.2) is 6.10 Å². The minimum atomic E-state index is -4.74. The fourth-order valence-electron chi connectivity index (χ4n) is 3.86. The first-order valence-corrected chi connectivity index (χ1v) is 8.11. The summed E-state index contributed by atoms with van der Waals surface area (Å²) < 4.78 is 37.6. The molecule has 1 amide bonds. The van der Waals surface area contributed by atoms with Crippen molar-refractivity contribution in [2.75, 3.05) is 4.90 Å². The number of amides is 1. The molecule has 2 fully saturated rings. The summed E-state index contributed by atoms with van der Waals surface area (Å²) in [7, 11) is 0. The van der Waals surface area contributed by atoms with Crippen molar-refractivity contribution in [1.82, 2.24) is 0 Å². The molecule has 2 atom stereocenters. The Balaban J connectivity index is 1.83. The minimum absolute atomic E-state index is 0.154. The number of carbonyl (C=O) groups is 1. The van der Waals surface area contributed by atoms with Crippen molar-refractivity contribution in [3.05, 3.63) is 29.8 Å². The number of hydrogen-bond acceptors (Lipinski definition) is 3. The van der Waals surface area contributed by atoms with Crippen LogP contribution in [0.25, 0.3) is 0 Å². The van der Waals surface area contributed by atoms with Gasteiger partial charge in [0.1, 0.15) is 6.23 Å². The van der Waals surface area contributed by atoms with Crippen molar-refractivity contribution in [1.29, 1.82) is 0 Å². The van der Waals surface area contributed by atoms with Gasteiger partial charge in [-0.3, -0.25) is 9.69 Å². The molecule has 2 N–H and O–H groups in total. The highest BCUT2D eigenvalue weighted by Crippen LogP contribution is 2.48. The van der Waals surface area contributed by atoms with E-state index in [0.29, 0.717) is 12.1 Å². The number of alkyl halides is 3. The molecule has 7 heteroatoms. The van der Waals surface area contributed by atoms with Gasteiger partial charge in [-0.05, 0) is 30.5 Å². The predicted octanol–water partition coefficient (Wildman–Crippen LogP) is 3.29. The maximum atomic E-state index is 12.8. The SMILES string of the molecule is O=C1N(c2ccc([C@@H](O)C(F)(F)F)cc2)C(O)CC12CCCCC2. The van der Waals surface area contributed by atoms with Crippen LogP contribution >= 0.6 is 0 Å². The number of aliphatic hydroxyl groups is 2. The van der Waals surface area contributed by atoms with Crippen molar-refractivity contribution in [2.45, 2.75) is 57.0 Å². The van der Waals surface area contributed by atoms with E-state index in [0.717, 1.165) is 44.2 Å². The molecule has 1 unspecified atom stereocenters. The third-order valence-electron chi connectivity index (χ3n) is 5.15. The Morgan fingerprint density at radius 3 is 2.25 bits per heavy atom. The topological polar surface area (TPSA) is 60.8 Å². The molecule has 1 spiro atoms. The van der Waals surface area contributed by atoms with Crippen LogP contribution in [0.3, 0.4) is 0 Å². The van der Waals surface area contributed by atoms with Gasteiger partial charge >= 0.3 is 6.18 Å². The van der Waals surface area contributed by atoms with Crippen LogP contribution in [0.5, 0.6) is 0 Å². The summed E-state index contributed by atoms with van der Waals surface area (Å²) in [6, 6.07) is 4.96. The number of nitrogens with zero attached hydrogens (tertiary/aromatic N) is 1. The summed E-state index contributed by atoms with van der Waals surface area (Å²) in [5, 5.41) is 19.6. The molecule has 1 aromatic carbocycles. The average molecular weight is 343 g/mol. The molecule has 0 bridgehead atoms. The summed E-state index contributed by atoms with van der Waals surface area (Å²) >= 11 is 0. The lowest BCUT2D eigenvalue weighted by atomic mass is 9.73. The van der Waals surface area contributed by atoms with Gasteiger partial charge in [-0.2, -0.15) is 13.2 Å². The number of anilines is 1. The molecular formula is C17H20F3NO3. The van der Waals surface area contributed by atoms with E-state index in [4.69, 9.17) is 0 Å². The van der Waals surface area contributed by atoms with Crippen molar-refractivity contribution < 1.29 is 28.2 Å². The Hall–Kier alpha value is -1.60. The molecule has 24 heavy (non-hydrogen) atoms. The minimum Gasteiger partial charge on any atom is -0.379 e. The fraction of sp³-hybridized carbons (Fsp3) is 0.588. The monoisotopic (exact) mass is 343 g/mol. The van der Waals surface area contributed by atoms with Crippen LogP contribution in [0, 0.1) is 5.41 Å². The van der Waals surface area contributed by atoms with Crippen molar-refractivity contribution >= 4 is 11.6 Å². The van der Waals surface area contributed by atoms with E-state index in [1.165, 1.54) is 17.0 Å². The van der Waals surface area contributed by atoms with Crippen molar-refractivity contribution in [2.24, 2.45) is 5.41 Å². The van der Waals surface area contributed by atoms with Gasteiger partial charge in [0.2, 0.25) is 5.91 Å². The first-order valence-electron chi connectivity index (χ1n) is 8.11. The van der Waals surface area contributed by atoms with Crippen LogP contribution < -0.4 is 4.90 Å². The first-order chi connectivity index (χ1) is 11.2. The highest BCUT2D eigenvalue weighted by molar-refractivity contribution is 6.00. The second-order valence-corrected chi connectivity index (χ2v) is 6.74. The van der Waals surface area contributed by atoms with Gasteiger partial charge in [-0.1, -0.05) is 31.4 Å². The molecular weight excluding hydrogens is 323 g/mol. The van der Waals surface area contributed by atoms with Gasteiger partial charge in [0.05, 0.1) is 5.41 Å². The molecule has 0 radical (unpaired) electrons. The summed E-state index contributed by atoms with van der Waals surface area (Å²) in [6.07, 6.45) is -3.45. The molecule has 4 nitrogen and oxygen atoms in total. The van der Waals surface area contributed by atoms with Crippen molar-refractivity contribution in [3.63, 3.8) is 0 Å². The standard InChI is InChI=1S/C17H20F3NO3/c18-17(19,20)14(23)11-4-6-12(7-5-11)21-13(22)10-16(15(21)24)8-2-1-3-9-16/h4-7,13-14,22-23H,1-3,8-10H2/t13?,14-/m1/s1. The van der Waals surface area contributed by atoms with Gasteiger partial charge in [-0.25, -0.2) is 0 Å². The highest BCUT2D eigenvalue weighted by atomic mass is 19.4. The lowest BCUT2D eigenvalue weighted by molar-refractivity contribution is -0.206. The zero-order valence-corrected chi connectivity index (χ0v) is 13.1. The zero-order chi connectivity index (χ0) is 17.5. The van der Waals surface area contributed by atoms with Crippen LogP contribution in [-0.4, -0.2) is 28.5 Å². The Bertz CT molecular complexity index is 609. The quantitative estimate of drug-likeness (QED) is 0.866. The van der Waals surface area contributed by atoms with Gasteiger partial charge in [0, 0.05) is 12.1 Å².